The molecular formula is C20H23ClF3N3O9. The molecule has 2 rings (SSSR count). The fourth-order valence-electron chi connectivity index (χ4n) is 2.80. The van der Waals surface area contributed by atoms with Crippen LogP contribution in [0.4, 0.5) is 18.9 Å². The first-order chi connectivity index (χ1) is 17.0. The van der Waals surface area contributed by atoms with Gasteiger partial charge in [0.15, 0.2) is 11.8 Å². The van der Waals surface area contributed by atoms with Gasteiger partial charge in [-0.1, -0.05) is 11.6 Å². The van der Waals surface area contributed by atoms with Crippen molar-refractivity contribution in [2.75, 3.05) is 40.1 Å². The van der Waals surface area contributed by atoms with Gasteiger partial charge < -0.3 is 28.8 Å². The number of hydrogen-bond donors (Lipinski definition) is 1. The maximum absolute atomic E-state index is 13.1. The summed E-state index contributed by atoms with van der Waals surface area (Å²) >= 11 is 5.76. The number of methoxy groups -OCH3 is 1. The molecule has 12 nitrogen and oxygen atoms in total. The van der Waals surface area contributed by atoms with E-state index in [1.807, 2.05) is 0 Å². The molecule has 0 spiro atoms. The van der Waals surface area contributed by atoms with E-state index in [1.54, 1.807) is 0 Å². The van der Waals surface area contributed by atoms with Gasteiger partial charge in [0.05, 0.1) is 38.0 Å². The number of aromatic nitrogens is 2. The maximum atomic E-state index is 13.1. The molecule has 0 radical (unpaired) electrons. The topological polar surface area (TPSA) is 144 Å². The van der Waals surface area contributed by atoms with Crippen LogP contribution in [0.25, 0.3) is 0 Å². The van der Waals surface area contributed by atoms with Crippen LogP contribution in [-0.4, -0.2) is 72.0 Å². The van der Waals surface area contributed by atoms with E-state index in [0.717, 1.165) is 25.2 Å². The molecule has 0 amide bonds. The highest BCUT2D eigenvalue weighted by atomic mass is 35.5. The van der Waals surface area contributed by atoms with Crippen LogP contribution in [0.15, 0.2) is 18.2 Å². The third-order valence-electron chi connectivity index (χ3n) is 4.44. The standard InChI is InChI=1S/C20H23ClF3N3O9/c1-26-17(20(22,23)24)16(21)18(25-26)35-12-3-4-13(27(30)31)15(11-12)36-14(19(28)29)5-6-33-9-10-34-8-7-32-2/h3-4,11,14H,5-10H2,1-2H3,(H,28,29). The molecule has 1 aromatic heterocycles. The third-order valence-corrected chi connectivity index (χ3v) is 4.78. The zero-order chi connectivity index (χ0) is 26.9. The second kappa shape index (κ2) is 13.2. The Morgan fingerprint density at radius 3 is 2.42 bits per heavy atom. The number of nitro groups is 1. The summed E-state index contributed by atoms with van der Waals surface area (Å²) in [6.45, 7) is 1.14. The van der Waals surface area contributed by atoms with Crippen molar-refractivity contribution in [3.05, 3.63) is 39.0 Å². The highest BCUT2D eigenvalue weighted by molar-refractivity contribution is 6.32. The Balaban J connectivity index is 2.13. The monoisotopic (exact) mass is 541 g/mol. The maximum Gasteiger partial charge on any atom is 0.434 e. The Bertz CT molecular complexity index is 1050. The molecule has 0 fully saturated rings. The summed E-state index contributed by atoms with van der Waals surface area (Å²) < 4.78 is 65.8. The first-order valence-electron chi connectivity index (χ1n) is 10.3. The lowest BCUT2D eigenvalue weighted by atomic mass is 10.2. The van der Waals surface area contributed by atoms with Crippen LogP contribution >= 0.6 is 11.6 Å². The fraction of sp³-hybridized carbons (Fsp3) is 0.500. The van der Waals surface area contributed by atoms with Crippen molar-refractivity contribution < 1.29 is 51.7 Å². The van der Waals surface area contributed by atoms with Gasteiger partial charge in [0.2, 0.25) is 5.75 Å². The molecule has 1 atom stereocenters. The van der Waals surface area contributed by atoms with Crippen LogP contribution < -0.4 is 9.47 Å². The molecule has 36 heavy (non-hydrogen) atoms. The molecule has 1 N–H and O–H groups in total. The van der Waals surface area contributed by atoms with Crippen molar-refractivity contribution in [1.29, 1.82) is 0 Å². The van der Waals surface area contributed by atoms with Crippen LogP contribution in [0.1, 0.15) is 12.1 Å². The molecule has 0 aliphatic carbocycles. The summed E-state index contributed by atoms with van der Waals surface area (Å²) in [4.78, 5) is 22.2. The Morgan fingerprint density at radius 1 is 1.22 bits per heavy atom. The average Bonchev–Trinajstić information content (AvgIpc) is 3.07. The molecule has 1 unspecified atom stereocenters. The largest absolute Gasteiger partial charge is 0.479 e. The lowest BCUT2D eigenvalue weighted by Crippen LogP contribution is -2.29. The molecule has 2 aromatic rings. The van der Waals surface area contributed by atoms with Gasteiger partial charge in [-0.2, -0.15) is 13.2 Å². The first-order valence-corrected chi connectivity index (χ1v) is 10.6. The summed E-state index contributed by atoms with van der Waals surface area (Å²) in [6.07, 6.45) is -6.52. The van der Waals surface area contributed by atoms with Gasteiger partial charge in [-0.25, -0.2) is 4.79 Å². The van der Waals surface area contributed by atoms with Crippen molar-refractivity contribution in [1.82, 2.24) is 9.78 Å². The molecule has 16 heteroatoms. The predicted octanol–water partition coefficient (Wildman–Crippen LogP) is 3.69. The number of rotatable bonds is 15. The number of alkyl halides is 3. The minimum Gasteiger partial charge on any atom is -0.479 e. The first kappa shape index (κ1) is 29.1. The quantitative estimate of drug-likeness (QED) is 0.201. The van der Waals surface area contributed by atoms with Crippen LogP contribution in [0.5, 0.6) is 17.4 Å². The zero-order valence-corrected chi connectivity index (χ0v) is 19.9. The van der Waals surface area contributed by atoms with Gasteiger partial charge in [0.25, 0.3) is 5.88 Å². The number of nitrogens with zero attached hydrogens (tertiary/aromatic N) is 3. The van der Waals surface area contributed by atoms with Gasteiger partial charge in [-0.05, 0) is 6.07 Å². The number of carboxylic acid groups (broad SMARTS) is 1. The van der Waals surface area contributed by atoms with E-state index in [1.165, 1.54) is 7.11 Å². The second-order valence-corrected chi connectivity index (χ2v) is 7.41. The third kappa shape index (κ3) is 8.22. The zero-order valence-electron chi connectivity index (χ0n) is 19.1. The highest BCUT2D eigenvalue weighted by Gasteiger charge is 2.39. The molecular weight excluding hydrogens is 519 g/mol. The normalized spacial score (nSPS) is 12.4. The van der Waals surface area contributed by atoms with Crippen molar-refractivity contribution >= 4 is 23.3 Å². The molecule has 0 saturated heterocycles. The molecule has 1 heterocycles. The van der Waals surface area contributed by atoms with Crippen LogP contribution in [0.3, 0.4) is 0 Å². The number of nitro benzene ring substituents is 1. The van der Waals surface area contributed by atoms with Gasteiger partial charge in [-0.15, -0.1) is 5.10 Å². The number of ether oxygens (including phenoxy) is 5. The van der Waals surface area contributed by atoms with Crippen molar-refractivity contribution in [2.45, 2.75) is 18.7 Å². The highest BCUT2D eigenvalue weighted by Crippen LogP contribution is 2.41. The predicted molar refractivity (Wildman–Crippen MR) is 117 cm³/mol. The number of carbonyl (C=O) groups is 1. The van der Waals surface area contributed by atoms with Gasteiger partial charge in [-0.3, -0.25) is 14.8 Å². The number of carboxylic acids is 1. The van der Waals surface area contributed by atoms with E-state index in [9.17, 15) is 33.2 Å². The number of benzene rings is 1. The number of aliphatic carboxylic acids is 1. The average molecular weight is 542 g/mol. The van der Waals surface area contributed by atoms with Crippen molar-refractivity contribution in [3.63, 3.8) is 0 Å². The van der Waals surface area contributed by atoms with E-state index in [4.69, 9.17) is 35.3 Å². The van der Waals surface area contributed by atoms with Crippen molar-refractivity contribution in [3.8, 4) is 17.4 Å². The number of aryl methyl sites for hydroxylation is 1. The Labute approximate surface area is 207 Å². The van der Waals surface area contributed by atoms with Gasteiger partial charge >= 0.3 is 17.8 Å². The minimum absolute atomic E-state index is 0.0572. The Kier molecular flexibility index (Phi) is 10.7. The Hall–Kier alpha value is -3.14. The van der Waals surface area contributed by atoms with Gasteiger partial charge in [0.1, 0.15) is 10.8 Å². The molecule has 0 aliphatic rings. The fourth-order valence-corrected chi connectivity index (χ4v) is 3.11. The van der Waals surface area contributed by atoms with Crippen LogP contribution in [-0.2, 0) is 32.2 Å². The summed E-state index contributed by atoms with van der Waals surface area (Å²) in [7, 11) is 2.53. The lowest BCUT2D eigenvalue weighted by molar-refractivity contribution is -0.386. The SMILES string of the molecule is COCCOCCOCCC(Oc1cc(Oc2nn(C)c(C(F)(F)F)c2Cl)ccc1[N+](=O)[O-])C(=O)O. The minimum atomic E-state index is -4.81. The number of hydrogen-bond acceptors (Lipinski definition) is 9. The molecule has 1 aromatic carbocycles. The van der Waals surface area contributed by atoms with Crippen LogP contribution in [0, 0.1) is 10.1 Å². The molecule has 0 aliphatic heterocycles. The van der Waals surface area contributed by atoms with Gasteiger partial charge in [0, 0.05) is 32.7 Å². The summed E-state index contributed by atoms with van der Waals surface area (Å²) in [5.41, 5.74) is -1.85. The summed E-state index contributed by atoms with van der Waals surface area (Å²) in [5.74, 6) is -2.74. The van der Waals surface area contributed by atoms with E-state index >= 15 is 0 Å². The number of halogens is 4. The molecule has 0 saturated carbocycles. The Morgan fingerprint density at radius 2 is 1.86 bits per heavy atom. The molecule has 0 bridgehead atoms. The smallest absolute Gasteiger partial charge is 0.434 e. The van der Waals surface area contributed by atoms with E-state index < -0.39 is 51.2 Å². The van der Waals surface area contributed by atoms with Crippen molar-refractivity contribution in [2.24, 2.45) is 7.05 Å². The molecule has 200 valence electrons. The van der Waals surface area contributed by atoms with E-state index in [2.05, 4.69) is 5.10 Å². The van der Waals surface area contributed by atoms with E-state index in [0.29, 0.717) is 17.9 Å². The summed E-state index contributed by atoms with van der Waals surface area (Å²) in [5, 5.41) is 23.6. The summed E-state index contributed by atoms with van der Waals surface area (Å²) in [6, 6.07) is 2.97. The second-order valence-electron chi connectivity index (χ2n) is 7.03. The lowest BCUT2D eigenvalue weighted by Gasteiger charge is -2.16. The van der Waals surface area contributed by atoms with E-state index in [-0.39, 0.29) is 32.0 Å². The van der Waals surface area contributed by atoms with Crippen LogP contribution in [0.2, 0.25) is 5.02 Å².